The van der Waals surface area contributed by atoms with E-state index in [1.165, 1.54) is 24.3 Å². The van der Waals surface area contributed by atoms with Crippen LogP contribution in [0.4, 0.5) is 0 Å². The van der Waals surface area contributed by atoms with Crippen LogP contribution in [0.2, 0.25) is 5.02 Å². The Morgan fingerprint density at radius 1 is 1.03 bits per heavy atom. The third-order valence-corrected chi connectivity index (χ3v) is 6.07. The molecule has 0 unspecified atom stereocenters. The summed E-state index contributed by atoms with van der Waals surface area (Å²) in [5.74, 6) is -2.64. The van der Waals surface area contributed by atoms with Crippen LogP contribution in [-0.4, -0.2) is 36.8 Å². The molecule has 0 atom stereocenters. The molecular formula is C19H17ClN2O6S. The number of hydrogen-bond donors (Lipinski definition) is 1. The smallest absolute Gasteiger partial charge is 0.324 e. The highest BCUT2D eigenvalue weighted by molar-refractivity contribution is 7.89. The van der Waals surface area contributed by atoms with E-state index < -0.39 is 33.3 Å². The number of nitrogens with one attached hydrogen (secondary N) is 1. The number of sulfonamides is 1. The second-order valence-electron chi connectivity index (χ2n) is 7.33. The Bertz CT molecular complexity index is 1100. The molecule has 0 aliphatic carbocycles. The van der Waals surface area contributed by atoms with E-state index in [1.54, 1.807) is 32.9 Å². The lowest BCUT2D eigenvalue weighted by Gasteiger charge is -2.21. The molecular weight excluding hydrogens is 420 g/mol. The fourth-order valence-electron chi connectivity index (χ4n) is 2.68. The quantitative estimate of drug-likeness (QED) is 0.738. The highest BCUT2D eigenvalue weighted by Crippen LogP contribution is 2.26. The topological polar surface area (TPSA) is 110 Å². The van der Waals surface area contributed by atoms with Gasteiger partial charge in [-0.2, -0.15) is 0 Å². The molecule has 0 fully saturated rings. The van der Waals surface area contributed by atoms with E-state index in [-0.39, 0.29) is 26.6 Å². The molecule has 3 rings (SSSR count). The van der Waals surface area contributed by atoms with Gasteiger partial charge in [-0.05, 0) is 51.1 Å². The first-order valence-electron chi connectivity index (χ1n) is 8.44. The van der Waals surface area contributed by atoms with Crippen molar-refractivity contribution in [2.45, 2.75) is 31.2 Å². The number of rotatable bonds is 4. The molecule has 0 spiro atoms. The van der Waals surface area contributed by atoms with E-state index in [0.29, 0.717) is 5.06 Å². The second kappa shape index (κ2) is 7.25. The number of halogens is 1. The molecule has 1 aliphatic rings. The lowest BCUT2D eigenvalue weighted by molar-refractivity contribution is -0.0584. The van der Waals surface area contributed by atoms with E-state index in [4.69, 9.17) is 16.4 Å². The van der Waals surface area contributed by atoms with Crippen LogP contribution in [0.3, 0.4) is 0 Å². The summed E-state index contributed by atoms with van der Waals surface area (Å²) < 4.78 is 27.6. The molecule has 0 saturated heterocycles. The Kier molecular flexibility index (Phi) is 5.24. The molecule has 2 aromatic rings. The zero-order chi connectivity index (χ0) is 21.6. The van der Waals surface area contributed by atoms with Gasteiger partial charge in [-0.1, -0.05) is 28.8 Å². The summed E-state index contributed by atoms with van der Waals surface area (Å²) in [5, 5.41) is 0.252. The van der Waals surface area contributed by atoms with E-state index in [0.717, 1.165) is 6.07 Å². The van der Waals surface area contributed by atoms with Gasteiger partial charge in [0.1, 0.15) is 4.90 Å². The summed E-state index contributed by atoms with van der Waals surface area (Å²) >= 11 is 6.00. The molecule has 0 bridgehead atoms. The molecule has 0 radical (unpaired) electrons. The van der Waals surface area contributed by atoms with E-state index in [9.17, 15) is 22.8 Å². The maximum atomic E-state index is 12.6. The van der Waals surface area contributed by atoms with Gasteiger partial charge in [-0.15, -0.1) is 0 Å². The van der Waals surface area contributed by atoms with Gasteiger partial charge in [-0.3, -0.25) is 9.59 Å². The summed E-state index contributed by atoms with van der Waals surface area (Å²) in [5.41, 5.74) is -0.753. The van der Waals surface area contributed by atoms with Crippen LogP contribution in [-0.2, 0) is 14.9 Å². The molecule has 2 aromatic carbocycles. The van der Waals surface area contributed by atoms with Crippen molar-refractivity contribution in [3.63, 3.8) is 0 Å². The largest absolute Gasteiger partial charge is 0.363 e. The maximum absolute atomic E-state index is 12.6. The van der Waals surface area contributed by atoms with Gasteiger partial charge in [0.25, 0.3) is 11.8 Å². The summed E-state index contributed by atoms with van der Waals surface area (Å²) in [4.78, 5) is 41.7. The van der Waals surface area contributed by atoms with Gasteiger partial charge < -0.3 is 4.84 Å². The highest BCUT2D eigenvalue weighted by Gasteiger charge is 2.39. The van der Waals surface area contributed by atoms with Crippen LogP contribution in [0.15, 0.2) is 47.4 Å². The predicted octanol–water partition coefficient (Wildman–Crippen LogP) is 2.78. The fourth-order valence-corrected chi connectivity index (χ4v) is 4.63. The second-order valence-corrected chi connectivity index (χ2v) is 9.39. The van der Waals surface area contributed by atoms with Crippen LogP contribution >= 0.6 is 11.6 Å². The lowest BCUT2D eigenvalue weighted by atomic mass is 10.1. The summed E-state index contributed by atoms with van der Waals surface area (Å²) in [6.07, 6.45) is 0. The fraction of sp³-hybridized carbons (Fsp3) is 0.211. The van der Waals surface area contributed by atoms with Crippen LogP contribution < -0.4 is 4.72 Å². The van der Waals surface area contributed by atoms with Gasteiger partial charge in [0, 0.05) is 5.54 Å². The minimum absolute atomic E-state index is 0.0981. The van der Waals surface area contributed by atoms with Crippen molar-refractivity contribution in [1.82, 2.24) is 9.79 Å². The molecule has 29 heavy (non-hydrogen) atoms. The van der Waals surface area contributed by atoms with Crippen molar-refractivity contribution in [2.24, 2.45) is 0 Å². The average Bonchev–Trinajstić information content (AvgIpc) is 2.85. The third kappa shape index (κ3) is 4.16. The SMILES string of the molecule is CC(C)(C)NS(=O)(=O)c1cc(C(=O)ON2C(=O)c3ccccc3C2=O)ccc1Cl. The number of fused-ring (bicyclic) bond motifs is 1. The number of carbonyl (C=O) groups excluding carboxylic acids is 3. The first-order chi connectivity index (χ1) is 13.4. The number of hydrogen-bond acceptors (Lipinski definition) is 6. The van der Waals surface area contributed by atoms with Crippen molar-refractivity contribution >= 4 is 39.4 Å². The molecule has 10 heteroatoms. The number of imide groups is 1. The Hall–Kier alpha value is -2.75. The standard InChI is InChI=1S/C19H17ClN2O6S/c1-19(2,3)21-29(26,27)15-10-11(8-9-14(15)20)18(25)28-22-16(23)12-6-4-5-7-13(12)17(22)24/h4-10,21H,1-3H3. The van der Waals surface area contributed by atoms with Crippen molar-refractivity contribution in [1.29, 1.82) is 0 Å². The van der Waals surface area contributed by atoms with Gasteiger partial charge in [0.2, 0.25) is 10.0 Å². The Labute approximate surface area is 172 Å². The van der Waals surface area contributed by atoms with Crippen LogP contribution in [0.5, 0.6) is 0 Å². The number of hydroxylamine groups is 2. The molecule has 2 amide bonds. The first-order valence-corrected chi connectivity index (χ1v) is 10.3. The van der Waals surface area contributed by atoms with Gasteiger partial charge in [-0.25, -0.2) is 17.9 Å². The van der Waals surface area contributed by atoms with Crippen LogP contribution in [0, 0.1) is 0 Å². The molecule has 1 aliphatic heterocycles. The first kappa shape index (κ1) is 21.0. The predicted molar refractivity (Wildman–Crippen MR) is 104 cm³/mol. The summed E-state index contributed by atoms with van der Waals surface area (Å²) in [7, 11) is -4.03. The Morgan fingerprint density at radius 2 is 1.59 bits per heavy atom. The van der Waals surface area contributed by atoms with E-state index in [1.807, 2.05) is 0 Å². The number of amides is 2. The number of nitrogens with zero attached hydrogens (tertiary/aromatic N) is 1. The zero-order valence-electron chi connectivity index (χ0n) is 15.7. The number of benzene rings is 2. The summed E-state index contributed by atoms with van der Waals surface area (Å²) in [6, 6.07) is 9.51. The molecule has 152 valence electrons. The molecule has 0 saturated carbocycles. The van der Waals surface area contributed by atoms with Crippen molar-refractivity contribution in [3.8, 4) is 0 Å². The molecule has 0 aromatic heterocycles. The maximum Gasteiger partial charge on any atom is 0.363 e. The van der Waals surface area contributed by atoms with Crippen molar-refractivity contribution in [3.05, 3.63) is 64.2 Å². The van der Waals surface area contributed by atoms with E-state index in [2.05, 4.69) is 4.72 Å². The Balaban J connectivity index is 1.88. The Morgan fingerprint density at radius 3 is 2.10 bits per heavy atom. The minimum Gasteiger partial charge on any atom is -0.324 e. The van der Waals surface area contributed by atoms with Crippen molar-refractivity contribution < 1.29 is 27.6 Å². The normalized spacial score (nSPS) is 14.1. The minimum atomic E-state index is -4.03. The number of carbonyl (C=O) groups is 3. The zero-order valence-corrected chi connectivity index (χ0v) is 17.3. The monoisotopic (exact) mass is 436 g/mol. The molecule has 8 nitrogen and oxygen atoms in total. The van der Waals surface area contributed by atoms with Crippen molar-refractivity contribution in [2.75, 3.05) is 0 Å². The molecule has 1 N–H and O–H groups in total. The van der Waals surface area contributed by atoms with Crippen LogP contribution in [0.1, 0.15) is 51.8 Å². The third-order valence-electron chi connectivity index (χ3n) is 3.83. The highest BCUT2D eigenvalue weighted by atomic mass is 35.5. The van der Waals surface area contributed by atoms with Gasteiger partial charge in [0.15, 0.2) is 0 Å². The summed E-state index contributed by atoms with van der Waals surface area (Å²) in [6.45, 7) is 4.95. The van der Waals surface area contributed by atoms with E-state index >= 15 is 0 Å². The van der Waals surface area contributed by atoms with Crippen LogP contribution in [0.25, 0.3) is 0 Å². The van der Waals surface area contributed by atoms with Gasteiger partial charge in [0.05, 0.1) is 21.7 Å². The molecule has 1 heterocycles. The average molecular weight is 437 g/mol. The lowest BCUT2D eigenvalue weighted by Crippen LogP contribution is -2.40. The van der Waals surface area contributed by atoms with Gasteiger partial charge >= 0.3 is 5.97 Å².